The Morgan fingerprint density at radius 2 is 1.87 bits per heavy atom. The third kappa shape index (κ3) is 3.62. The summed E-state index contributed by atoms with van der Waals surface area (Å²) in [5.74, 6) is 0.262. The van der Waals surface area contributed by atoms with Crippen molar-refractivity contribution in [3.05, 3.63) is 47.4 Å². The van der Waals surface area contributed by atoms with E-state index in [0.717, 1.165) is 17.8 Å². The van der Waals surface area contributed by atoms with E-state index in [4.69, 9.17) is 16.0 Å². The minimum absolute atomic E-state index is 0.117. The molecule has 0 fully saturated rings. The standard InChI is InChI=1S/C13H6ClF3N4OS/c14-9-5-8(13(15,16)17)6-19-11(9)23-12-21-20-10(22-12)7-1-3-18-4-2-7/h1-6H. The van der Waals surface area contributed by atoms with Crippen LogP contribution in [0.25, 0.3) is 11.5 Å². The predicted molar refractivity (Wildman–Crippen MR) is 75.9 cm³/mol. The van der Waals surface area contributed by atoms with Crippen LogP contribution in [0.2, 0.25) is 5.02 Å². The summed E-state index contributed by atoms with van der Waals surface area (Å²) in [4.78, 5) is 7.57. The second-order valence-corrected chi connectivity index (χ2v) is 5.57. The van der Waals surface area contributed by atoms with E-state index in [-0.39, 0.29) is 21.2 Å². The lowest BCUT2D eigenvalue weighted by atomic mass is 10.3. The van der Waals surface area contributed by atoms with Crippen LogP contribution in [0, 0.1) is 0 Å². The maximum Gasteiger partial charge on any atom is 0.417 e. The summed E-state index contributed by atoms with van der Waals surface area (Å²) in [5.41, 5.74) is -0.249. The third-order valence-electron chi connectivity index (χ3n) is 2.65. The average molecular weight is 359 g/mol. The number of pyridine rings is 2. The molecule has 0 unspecified atom stereocenters. The van der Waals surface area contributed by atoms with Crippen LogP contribution in [-0.4, -0.2) is 20.2 Å². The number of hydrogen-bond donors (Lipinski definition) is 0. The van der Waals surface area contributed by atoms with Crippen LogP contribution in [0.3, 0.4) is 0 Å². The van der Waals surface area contributed by atoms with Gasteiger partial charge in [-0.2, -0.15) is 13.2 Å². The highest BCUT2D eigenvalue weighted by atomic mass is 35.5. The highest BCUT2D eigenvalue weighted by Crippen LogP contribution is 2.36. The van der Waals surface area contributed by atoms with Crippen LogP contribution in [-0.2, 0) is 6.18 Å². The Hall–Kier alpha value is -2.13. The van der Waals surface area contributed by atoms with Crippen molar-refractivity contribution < 1.29 is 17.6 Å². The van der Waals surface area contributed by atoms with E-state index < -0.39 is 11.7 Å². The van der Waals surface area contributed by atoms with E-state index in [1.165, 1.54) is 0 Å². The van der Waals surface area contributed by atoms with Gasteiger partial charge in [0.1, 0.15) is 5.03 Å². The highest BCUT2D eigenvalue weighted by molar-refractivity contribution is 7.99. The maximum absolute atomic E-state index is 12.6. The number of aromatic nitrogens is 4. The molecule has 5 nitrogen and oxygen atoms in total. The molecule has 0 aliphatic heterocycles. The fourth-order valence-electron chi connectivity index (χ4n) is 1.60. The zero-order valence-electron chi connectivity index (χ0n) is 11.1. The quantitative estimate of drug-likeness (QED) is 0.693. The van der Waals surface area contributed by atoms with E-state index >= 15 is 0 Å². The monoisotopic (exact) mass is 358 g/mol. The van der Waals surface area contributed by atoms with Gasteiger partial charge in [-0.25, -0.2) is 4.98 Å². The van der Waals surface area contributed by atoms with Crippen molar-refractivity contribution in [3.8, 4) is 11.5 Å². The van der Waals surface area contributed by atoms with E-state index in [1.807, 2.05) is 0 Å². The first-order valence-corrected chi connectivity index (χ1v) is 7.27. The summed E-state index contributed by atoms with van der Waals surface area (Å²) < 4.78 is 43.1. The van der Waals surface area contributed by atoms with Crippen molar-refractivity contribution in [1.82, 2.24) is 20.2 Å². The fourth-order valence-corrected chi connectivity index (χ4v) is 2.51. The molecule has 0 saturated heterocycles. The topological polar surface area (TPSA) is 64.7 Å². The smallest absolute Gasteiger partial charge is 0.411 e. The number of hydrogen-bond acceptors (Lipinski definition) is 6. The molecule has 0 N–H and O–H groups in total. The van der Waals surface area contributed by atoms with Crippen molar-refractivity contribution in [1.29, 1.82) is 0 Å². The molecule has 0 aliphatic carbocycles. The molecular formula is C13H6ClF3N4OS. The van der Waals surface area contributed by atoms with Crippen molar-refractivity contribution in [3.63, 3.8) is 0 Å². The molecule has 0 atom stereocenters. The zero-order chi connectivity index (χ0) is 16.4. The second-order valence-electron chi connectivity index (χ2n) is 4.22. The first kappa shape index (κ1) is 15.8. The SMILES string of the molecule is FC(F)(F)c1cnc(Sc2nnc(-c3ccncc3)o2)c(Cl)c1. The van der Waals surface area contributed by atoms with Gasteiger partial charge in [0.2, 0.25) is 5.89 Å². The summed E-state index contributed by atoms with van der Waals surface area (Å²) in [5, 5.41) is 7.77. The molecule has 0 radical (unpaired) electrons. The van der Waals surface area contributed by atoms with Crippen LogP contribution in [0.1, 0.15) is 5.56 Å². The van der Waals surface area contributed by atoms with Gasteiger partial charge in [0.25, 0.3) is 5.22 Å². The lowest BCUT2D eigenvalue weighted by molar-refractivity contribution is -0.137. The summed E-state index contributed by atoms with van der Waals surface area (Å²) in [6.45, 7) is 0. The van der Waals surface area contributed by atoms with Crippen LogP contribution < -0.4 is 0 Å². The van der Waals surface area contributed by atoms with Gasteiger partial charge in [-0.1, -0.05) is 11.6 Å². The van der Waals surface area contributed by atoms with E-state index in [2.05, 4.69) is 20.2 Å². The molecule has 3 aromatic heterocycles. The summed E-state index contributed by atoms with van der Waals surface area (Å²) in [7, 11) is 0. The molecule has 0 bridgehead atoms. The zero-order valence-corrected chi connectivity index (χ0v) is 12.7. The van der Waals surface area contributed by atoms with Gasteiger partial charge in [0, 0.05) is 24.2 Å². The van der Waals surface area contributed by atoms with Gasteiger partial charge in [0.05, 0.1) is 10.6 Å². The fraction of sp³-hybridized carbons (Fsp3) is 0.0769. The molecular weight excluding hydrogens is 353 g/mol. The summed E-state index contributed by atoms with van der Waals surface area (Å²) in [6, 6.07) is 4.17. The molecule has 0 aliphatic rings. The molecule has 3 aromatic rings. The second kappa shape index (κ2) is 6.17. The highest BCUT2D eigenvalue weighted by Gasteiger charge is 2.31. The third-order valence-corrected chi connectivity index (χ3v) is 3.91. The Bertz CT molecular complexity index is 826. The average Bonchev–Trinajstić information content (AvgIpc) is 2.98. The van der Waals surface area contributed by atoms with Crippen molar-refractivity contribution in [2.24, 2.45) is 0 Å². The number of halogens is 4. The Morgan fingerprint density at radius 1 is 1.13 bits per heavy atom. The molecule has 118 valence electrons. The number of alkyl halides is 3. The van der Waals surface area contributed by atoms with E-state index in [1.54, 1.807) is 24.5 Å². The normalized spacial score (nSPS) is 11.7. The number of nitrogens with zero attached hydrogens (tertiary/aromatic N) is 4. The van der Waals surface area contributed by atoms with Gasteiger partial charge in [-0.3, -0.25) is 4.98 Å². The molecule has 0 spiro atoms. The largest absolute Gasteiger partial charge is 0.417 e. The Kier molecular flexibility index (Phi) is 4.22. The molecule has 3 rings (SSSR count). The minimum atomic E-state index is -4.50. The first-order chi connectivity index (χ1) is 10.9. The van der Waals surface area contributed by atoms with Crippen LogP contribution in [0.4, 0.5) is 13.2 Å². The molecule has 23 heavy (non-hydrogen) atoms. The minimum Gasteiger partial charge on any atom is -0.411 e. The van der Waals surface area contributed by atoms with E-state index in [0.29, 0.717) is 11.8 Å². The van der Waals surface area contributed by atoms with Gasteiger partial charge in [-0.15, -0.1) is 10.2 Å². The molecule has 0 saturated carbocycles. The van der Waals surface area contributed by atoms with Crippen LogP contribution in [0.5, 0.6) is 0 Å². The van der Waals surface area contributed by atoms with Gasteiger partial charge in [-0.05, 0) is 30.0 Å². The Labute approximate surface area is 136 Å². The molecule has 0 aromatic carbocycles. The maximum atomic E-state index is 12.6. The van der Waals surface area contributed by atoms with Gasteiger partial charge in [0.15, 0.2) is 0 Å². The Balaban J connectivity index is 1.82. The molecule has 0 amide bonds. The number of rotatable bonds is 3. The summed E-state index contributed by atoms with van der Waals surface area (Å²) >= 11 is 6.71. The first-order valence-electron chi connectivity index (χ1n) is 6.08. The van der Waals surface area contributed by atoms with Crippen molar-refractivity contribution in [2.75, 3.05) is 0 Å². The lowest BCUT2D eigenvalue weighted by Gasteiger charge is -2.07. The molecule has 10 heteroatoms. The van der Waals surface area contributed by atoms with Crippen molar-refractivity contribution >= 4 is 23.4 Å². The van der Waals surface area contributed by atoms with Crippen LogP contribution >= 0.6 is 23.4 Å². The van der Waals surface area contributed by atoms with Gasteiger partial charge < -0.3 is 4.42 Å². The summed E-state index contributed by atoms with van der Waals surface area (Å²) in [6.07, 6.45) is -0.658. The van der Waals surface area contributed by atoms with E-state index in [9.17, 15) is 13.2 Å². The van der Waals surface area contributed by atoms with Crippen molar-refractivity contribution in [2.45, 2.75) is 16.4 Å². The van der Waals surface area contributed by atoms with Gasteiger partial charge >= 0.3 is 6.18 Å². The lowest BCUT2D eigenvalue weighted by Crippen LogP contribution is -2.05. The molecule has 3 heterocycles. The Morgan fingerprint density at radius 3 is 2.52 bits per heavy atom. The predicted octanol–water partition coefficient (Wildman–Crippen LogP) is 4.35. The van der Waals surface area contributed by atoms with Crippen LogP contribution in [0.15, 0.2) is 51.5 Å².